The van der Waals surface area contributed by atoms with Crippen LogP contribution in [0.4, 0.5) is 0 Å². The first-order valence-corrected chi connectivity index (χ1v) is 5.23. The number of thioether (sulfide) groups is 1. The first-order chi connectivity index (χ1) is 7.05. The van der Waals surface area contributed by atoms with E-state index in [1.165, 1.54) is 0 Å². The average Bonchev–Trinajstić information content (AvgIpc) is 2.62. The van der Waals surface area contributed by atoms with E-state index in [0.29, 0.717) is 6.41 Å². The van der Waals surface area contributed by atoms with E-state index in [4.69, 9.17) is 0 Å². The monoisotopic (exact) mass is 229 g/mol. The summed E-state index contributed by atoms with van der Waals surface area (Å²) in [5.74, 6) is -2.57. The second-order valence-electron chi connectivity index (χ2n) is 2.97. The average molecular weight is 229 g/mol. The molecule has 1 unspecified atom stereocenters. The molecule has 82 valence electrons. The van der Waals surface area contributed by atoms with Crippen molar-refractivity contribution >= 4 is 35.1 Å². The van der Waals surface area contributed by atoms with Gasteiger partial charge in [0, 0.05) is 5.75 Å². The molecule has 1 amide bonds. The van der Waals surface area contributed by atoms with Crippen LogP contribution in [0.3, 0.4) is 0 Å². The highest BCUT2D eigenvalue weighted by Crippen LogP contribution is 2.30. The molecule has 15 heavy (non-hydrogen) atoms. The summed E-state index contributed by atoms with van der Waals surface area (Å²) >= 11 is 1.14. The molecule has 0 aromatic rings. The predicted molar refractivity (Wildman–Crippen MR) is 52.1 cm³/mol. The van der Waals surface area contributed by atoms with Crippen molar-refractivity contribution in [2.45, 2.75) is 18.9 Å². The number of carboxylic acid groups (broad SMARTS) is 1. The minimum Gasteiger partial charge on any atom is -0.542 e. The number of Topliss-reactive ketones (excluding diaryl/α,β-unsaturated/α-hetero) is 1. The summed E-state index contributed by atoms with van der Waals surface area (Å²) in [6.07, 6.45) is 0.692. The fraction of sp³-hybridized carbons (Fsp3) is 0.500. The topological polar surface area (TPSA) is 98.7 Å². The zero-order valence-electron chi connectivity index (χ0n) is 7.98. The highest BCUT2D eigenvalue weighted by molar-refractivity contribution is 8.14. The van der Waals surface area contributed by atoms with Crippen molar-refractivity contribution in [1.29, 1.82) is 0 Å². The summed E-state index contributed by atoms with van der Waals surface area (Å²) in [6, 6.07) is 0. The maximum absolute atomic E-state index is 11.3. The number of amides is 1. The van der Waals surface area contributed by atoms with E-state index in [1.807, 2.05) is 0 Å². The van der Waals surface area contributed by atoms with Crippen LogP contribution >= 0.6 is 11.8 Å². The molecule has 0 aromatic carbocycles. The first-order valence-electron chi connectivity index (χ1n) is 4.24. The van der Waals surface area contributed by atoms with Crippen molar-refractivity contribution in [2.24, 2.45) is 4.99 Å². The van der Waals surface area contributed by atoms with Gasteiger partial charge in [0.05, 0.1) is 0 Å². The standard InChI is InChI=1S/C8H10N2O4S/c1-2-8(5(12)6(13)14)3-15-7(10-8)9-4-11/h4H,2-3H2,1H3,(H,13,14)(H,9,10,11)/p-1. The number of nitrogens with one attached hydrogen (secondary N) is 1. The molecule has 0 spiro atoms. The lowest BCUT2D eigenvalue weighted by Gasteiger charge is -2.21. The van der Waals surface area contributed by atoms with Gasteiger partial charge in [0.2, 0.25) is 12.2 Å². The van der Waals surface area contributed by atoms with Crippen LogP contribution in [-0.2, 0) is 14.4 Å². The SMILES string of the molecule is CCC1(C(=O)C(=O)[O-])CSC(NC=O)=N1. The Kier molecular flexibility index (Phi) is 3.46. The fourth-order valence-electron chi connectivity index (χ4n) is 1.22. The van der Waals surface area contributed by atoms with Gasteiger partial charge in [-0.3, -0.25) is 9.59 Å². The van der Waals surface area contributed by atoms with Gasteiger partial charge >= 0.3 is 0 Å². The van der Waals surface area contributed by atoms with Gasteiger partial charge in [0.1, 0.15) is 11.5 Å². The number of nitrogens with zero attached hydrogens (tertiary/aromatic N) is 1. The number of amidine groups is 1. The highest BCUT2D eigenvalue weighted by atomic mass is 32.2. The molecule has 0 aliphatic carbocycles. The van der Waals surface area contributed by atoms with E-state index in [-0.39, 0.29) is 17.3 Å². The molecular formula is C8H9N2O4S-. The van der Waals surface area contributed by atoms with Crippen LogP contribution in [0.25, 0.3) is 0 Å². The summed E-state index contributed by atoms with van der Waals surface area (Å²) in [5, 5.41) is 13.0. The number of rotatable bonds is 4. The van der Waals surface area contributed by atoms with Crippen molar-refractivity contribution in [3.05, 3.63) is 0 Å². The summed E-state index contributed by atoms with van der Waals surface area (Å²) in [6.45, 7) is 1.66. The third-order valence-corrected chi connectivity index (χ3v) is 3.24. The van der Waals surface area contributed by atoms with Gasteiger partial charge in [-0.15, -0.1) is 0 Å². The van der Waals surface area contributed by atoms with Crippen LogP contribution in [0.15, 0.2) is 4.99 Å². The molecule has 1 aliphatic rings. The van der Waals surface area contributed by atoms with E-state index < -0.39 is 17.3 Å². The Hall–Kier alpha value is -1.37. The number of aliphatic imine (C=N–C) groups is 1. The number of hydrogen-bond acceptors (Lipinski definition) is 6. The highest BCUT2D eigenvalue weighted by Gasteiger charge is 2.41. The van der Waals surface area contributed by atoms with Gasteiger partial charge < -0.3 is 15.2 Å². The quantitative estimate of drug-likeness (QED) is 0.458. The van der Waals surface area contributed by atoms with Gasteiger partial charge in [0.15, 0.2) is 5.17 Å². The minimum atomic E-state index is -1.74. The van der Waals surface area contributed by atoms with Crippen LogP contribution in [0, 0.1) is 0 Å². The molecule has 0 fully saturated rings. The van der Waals surface area contributed by atoms with Crippen molar-refractivity contribution < 1.29 is 19.5 Å². The van der Waals surface area contributed by atoms with E-state index in [2.05, 4.69) is 10.3 Å². The molecule has 6 nitrogen and oxygen atoms in total. The van der Waals surface area contributed by atoms with Crippen LogP contribution in [0.1, 0.15) is 13.3 Å². The zero-order chi connectivity index (χ0) is 11.5. The van der Waals surface area contributed by atoms with E-state index >= 15 is 0 Å². The molecule has 1 rings (SSSR count). The van der Waals surface area contributed by atoms with Crippen molar-refractivity contribution in [1.82, 2.24) is 5.32 Å². The number of aliphatic carboxylic acids is 1. The Morgan fingerprint density at radius 1 is 1.73 bits per heavy atom. The van der Waals surface area contributed by atoms with E-state index in [1.54, 1.807) is 6.92 Å². The normalized spacial score (nSPS) is 24.5. The number of carbonyl (C=O) groups excluding carboxylic acids is 3. The molecule has 0 saturated carbocycles. The summed E-state index contributed by atoms with van der Waals surface area (Å²) < 4.78 is 0. The summed E-state index contributed by atoms with van der Waals surface area (Å²) in [4.78, 5) is 35.9. The molecular weight excluding hydrogens is 220 g/mol. The van der Waals surface area contributed by atoms with Crippen LogP contribution in [0.5, 0.6) is 0 Å². The molecule has 0 radical (unpaired) electrons. The molecule has 0 aromatic heterocycles. The predicted octanol–water partition coefficient (Wildman–Crippen LogP) is -1.70. The molecule has 1 aliphatic heterocycles. The largest absolute Gasteiger partial charge is 0.542 e. The van der Waals surface area contributed by atoms with Crippen molar-refractivity contribution in [3.63, 3.8) is 0 Å². The lowest BCUT2D eigenvalue weighted by atomic mass is 9.94. The molecule has 1 atom stereocenters. The van der Waals surface area contributed by atoms with Gasteiger partial charge in [-0.2, -0.15) is 0 Å². The molecule has 1 heterocycles. The lowest BCUT2D eigenvalue weighted by Crippen LogP contribution is -2.47. The van der Waals surface area contributed by atoms with E-state index in [9.17, 15) is 19.5 Å². The number of ketones is 1. The van der Waals surface area contributed by atoms with Gasteiger partial charge in [-0.25, -0.2) is 4.99 Å². The number of carboxylic acids is 1. The smallest absolute Gasteiger partial charge is 0.213 e. The Bertz CT molecular complexity index is 342. The van der Waals surface area contributed by atoms with Crippen LogP contribution < -0.4 is 10.4 Å². The lowest BCUT2D eigenvalue weighted by molar-refractivity contribution is -0.300. The van der Waals surface area contributed by atoms with Gasteiger partial charge in [0.25, 0.3) is 0 Å². The van der Waals surface area contributed by atoms with Crippen LogP contribution in [-0.4, -0.2) is 34.6 Å². The fourth-order valence-corrected chi connectivity index (χ4v) is 2.37. The van der Waals surface area contributed by atoms with E-state index in [0.717, 1.165) is 11.8 Å². The summed E-state index contributed by atoms with van der Waals surface area (Å²) in [5.41, 5.74) is -1.28. The maximum atomic E-state index is 11.3. The van der Waals surface area contributed by atoms with Gasteiger partial charge in [-0.1, -0.05) is 18.7 Å². The third kappa shape index (κ3) is 2.17. The second kappa shape index (κ2) is 4.43. The molecule has 0 bridgehead atoms. The Morgan fingerprint density at radius 3 is 2.87 bits per heavy atom. The third-order valence-electron chi connectivity index (χ3n) is 2.14. The van der Waals surface area contributed by atoms with Gasteiger partial charge in [-0.05, 0) is 6.42 Å². The summed E-state index contributed by atoms with van der Waals surface area (Å²) in [7, 11) is 0. The minimum absolute atomic E-state index is 0.215. The Labute approximate surface area is 90.1 Å². The maximum Gasteiger partial charge on any atom is 0.213 e. The Morgan fingerprint density at radius 2 is 2.40 bits per heavy atom. The van der Waals surface area contributed by atoms with Crippen molar-refractivity contribution in [3.8, 4) is 0 Å². The second-order valence-corrected chi connectivity index (χ2v) is 3.93. The molecule has 0 saturated heterocycles. The molecule has 7 heteroatoms. The van der Waals surface area contributed by atoms with Crippen molar-refractivity contribution in [2.75, 3.05) is 5.75 Å². The zero-order valence-corrected chi connectivity index (χ0v) is 8.80. The number of hydrogen-bond donors (Lipinski definition) is 1. The first kappa shape index (κ1) is 11.7. The Balaban J connectivity index is 2.93. The number of carbonyl (C=O) groups is 3. The molecule has 1 N–H and O–H groups in total. The van der Waals surface area contributed by atoms with Crippen LogP contribution in [0.2, 0.25) is 0 Å².